The van der Waals surface area contributed by atoms with Gasteiger partial charge in [-0.1, -0.05) is 18.2 Å². The molecular weight excluding hydrogens is 274 g/mol. The smallest absolute Gasteiger partial charge is 0.417 e. The highest BCUT2D eigenvalue weighted by atomic mass is 16.6. The monoisotopic (exact) mass is 283 g/mol. The summed E-state index contributed by atoms with van der Waals surface area (Å²) in [6, 6.07) is 12.1. The van der Waals surface area contributed by atoms with Crippen molar-refractivity contribution in [3.05, 3.63) is 64.2 Å². The molecule has 0 aliphatic rings. The summed E-state index contributed by atoms with van der Waals surface area (Å²) in [4.78, 5) is 9.90. The van der Waals surface area contributed by atoms with Gasteiger partial charge in [0.15, 0.2) is 0 Å². The topological polar surface area (TPSA) is 95.2 Å². The second-order valence-corrected chi connectivity index (χ2v) is 4.08. The molecular formula is C14H9N3O4. The Hall–Kier alpha value is -3.22. The summed E-state index contributed by atoms with van der Waals surface area (Å²) in [5, 5.41) is 18.3. The number of nitrogens with zero attached hydrogens (tertiary/aromatic N) is 3. The molecule has 104 valence electrons. The van der Waals surface area contributed by atoms with Gasteiger partial charge in [0.25, 0.3) is 0 Å². The van der Waals surface area contributed by atoms with Crippen molar-refractivity contribution in [1.82, 2.24) is 10.2 Å². The Balaban J connectivity index is 1.77. The maximum atomic E-state index is 10.5. The summed E-state index contributed by atoms with van der Waals surface area (Å²) in [6.45, 7) is 0. The molecule has 3 rings (SSSR count). The first-order valence-corrected chi connectivity index (χ1v) is 6.03. The molecule has 0 aliphatic carbocycles. The zero-order valence-electron chi connectivity index (χ0n) is 10.7. The third kappa shape index (κ3) is 2.86. The predicted octanol–water partition coefficient (Wildman–Crippen LogP) is 3.41. The van der Waals surface area contributed by atoms with Crippen LogP contribution in [0.15, 0.2) is 51.3 Å². The maximum Gasteiger partial charge on any atom is 0.433 e. The van der Waals surface area contributed by atoms with Crippen molar-refractivity contribution < 1.29 is 13.8 Å². The molecule has 0 bridgehead atoms. The zero-order valence-corrected chi connectivity index (χ0v) is 10.7. The van der Waals surface area contributed by atoms with E-state index in [0.717, 1.165) is 5.56 Å². The molecule has 0 atom stereocenters. The first-order chi connectivity index (χ1) is 10.2. The number of furan rings is 1. The first-order valence-electron chi connectivity index (χ1n) is 6.03. The van der Waals surface area contributed by atoms with Crippen LogP contribution < -0.4 is 0 Å². The van der Waals surface area contributed by atoms with Gasteiger partial charge in [0.05, 0.1) is 6.07 Å². The Morgan fingerprint density at radius 2 is 1.81 bits per heavy atom. The van der Waals surface area contributed by atoms with Crippen molar-refractivity contribution in [3.8, 4) is 11.5 Å². The van der Waals surface area contributed by atoms with Crippen LogP contribution in [0.2, 0.25) is 0 Å². The third-order valence-corrected chi connectivity index (χ3v) is 2.64. The highest BCUT2D eigenvalue weighted by Gasteiger charge is 2.10. The molecule has 2 aromatic heterocycles. The van der Waals surface area contributed by atoms with Crippen LogP contribution in [-0.4, -0.2) is 15.1 Å². The van der Waals surface area contributed by atoms with Crippen LogP contribution in [0.1, 0.15) is 11.7 Å². The lowest BCUT2D eigenvalue weighted by Gasteiger charge is -1.90. The van der Waals surface area contributed by atoms with E-state index in [9.17, 15) is 10.1 Å². The van der Waals surface area contributed by atoms with E-state index in [2.05, 4.69) is 10.2 Å². The average molecular weight is 283 g/mol. The molecule has 0 saturated carbocycles. The first kappa shape index (κ1) is 12.8. The second-order valence-electron chi connectivity index (χ2n) is 4.08. The molecule has 0 fully saturated rings. The van der Waals surface area contributed by atoms with Crippen molar-refractivity contribution in [1.29, 1.82) is 0 Å². The minimum absolute atomic E-state index is 0.285. The van der Waals surface area contributed by atoms with Crippen LogP contribution in [0, 0.1) is 10.1 Å². The molecule has 21 heavy (non-hydrogen) atoms. The van der Waals surface area contributed by atoms with Crippen molar-refractivity contribution in [3.63, 3.8) is 0 Å². The van der Waals surface area contributed by atoms with Gasteiger partial charge in [-0.05, 0) is 24.3 Å². The van der Waals surface area contributed by atoms with Crippen LogP contribution in [-0.2, 0) is 0 Å². The summed E-state index contributed by atoms with van der Waals surface area (Å²) in [6.07, 6.45) is 3.05. The minimum Gasteiger partial charge on any atom is -0.417 e. The average Bonchev–Trinajstić information content (AvgIpc) is 3.15. The highest BCUT2D eigenvalue weighted by molar-refractivity contribution is 5.64. The van der Waals surface area contributed by atoms with Gasteiger partial charge >= 0.3 is 5.88 Å². The van der Waals surface area contributed by atoms with Gasteiger partial charge in [-0.15, -0.1) is 10.2 Å². The van der Waals surface area contributed by atoms with Gasteiger partial charge < -0.3 is 8.83 Å². The largest absolute Gasteiger partial charge is 0.433 e. The molecule has 7 nitrogen and oxygen atoms in total. The Bertz CT molecular complexity index is 789. The fourth-order valence-electron chi connectivity index (χ4n) is 1.68. The number of aromatic nitrogens is 2. The molecule has 0 amide bonds. The van der Waals surface area contributed by atoms with E-state index in [4.69, 9.17) is 8.83 Å². The highest BCUT2D eigenvalue weighted by Crippen LogP contribution is 2.20. The lowest BCUT2D eigenvalue weighted by atomic mass is 10.2. The molecule has 0 radical (unpaired) electrons. The fraction of sp³-hybridized carbons (Fsp3) is 0. The van der Waals surface area contributed by atoms with E-state index in [1.165, 1.54) is 24.3 Å². The maximum absolute atomic E-state index is 10.5. The van der Waals surface area contributed by atoms with Crippen LogP contribution in [0.3, 0.4) is 0 Å². The molecule has 0 spiro atoms. The van der Waals surface area contributed by atoms with E-state index < -0.39 is 4.92 Å². The molecule has 0 aliphatic heterocycles. The molecule has 0 N–H and O–H groups in total. The van der Waals surface area contributed by atoms with Crippen molar-refractivity contribution in [2.45, 2.75) is 0 Å². The van der Waals surface area contributed by atoms with Gasteiger partial charge in [0, 0.05) is 11.6 Å². The van der Waals surface area contributed by atoms with Gasteiger partial charge in [0.1, 0.15) is 10.7 Å². The summed E-state index contributed by atoms with van der Waals surface area (Å²) in [5.74, 6) is 0.708. The van der Waals surface area contributed by atoms with Crippen LogP contribution in [0.4, 0.5) is 5.88 Å². The SMILES string of the molecule is O=[N+]([O-])c1ccc(/C=C/c2nnc(-c3ccccc3)o2)o1. The van der Waals surface area contributed by atoms with E-state index in [-0.39, 0.29) is 11.8 Å². The van der Waals surface area contributed by atoms with Crippen molar-refractivity contribution in [2.24, 2.45) is 0 Å². The molecule has 3 aromatic rings. The number of benzene rings is 1. The molecule has 1 aromatic carbocycles. The van der Waals surface area contributed by atoms with Crippen LogP contribution in [0.25, 0.3) is 23.6 Å². The Labute approximate surface area is 118 Å². The number of rotatable bonds is 4. The third-order valence-electron chi connectivity index (χ3n) is 2.64. The number of hydrogen-bond donors (Lipinski definition) is 0. The normalized spacial score (nSPS) is 11.0. The summed E-state index contributed by atoms with van der Waals surface area (Å²) in [5.41, 5.74) is 0.818. The molecule has 7 heteroatoms. The van der Waals surface area contributed by atoms with Gasteiger partial charge in [-0.25, -0.2) is 0 Å². The Kier molecular flexibility index (Phi) is 3.30. The second kappa shape index (κ2) is 5.41. The lowest BCUT2D eigenvalue weighted by molar-refractivity contribution is -0.402. The zero-order chi connectivity index (χ0) is 14.7. The van der Waals surface area contributed by atoms with Crippen molar-refractivity contribution >= 4 is 18.0 Å². The van der Waals surface area contributed by atoms with Crippen molar-refractivity contribution in [2.75, 3.05) is 0 Å². The summed E-state index contributed by atoms with van der Waals surface area (Å²) in [7, 11) is 0. The van der Waals surface area contributed by atoms with Crippen LogP contribution in [0.5, 0.6) is 0 Å². The lowest BCUT2D eigenvalue weighted by Crippen LogP contribution is -1.82. The fourth-order valence-corrected chi connectivity index (χ4v) is 1.68. The minimum atomic E-state index is -0.600. The summed E-state index contributed by atoms with van der Waals surface area (Å²) >= 11 is 0. The van der Waals surface area contributed by atoms with Gasteiger partial charge in [0.2, 0.25) is 11.8 Å². The quantitative estimate of drug-likeness (QED) is 0.537. The van der Waals surface area contributed by atoms with E-state index in [1.54, 1.807) is 0 Å². The van der Waals surface area contributed by atoms with Gasteiger partial charge in [-0.3, -0.25) is 10.1 Å². The molecule has 0 saturated heterocycles. The van der Waals surface area contributed by atoms with Crippen LogP contribution >= 0.6 is 0 Å². The Morgan fingerprint density at radius 1 is 1.00 bits per heavy atom. The van der Waals surface area contributed by atoms with Gasteiger partial charge in [-0.2, -0.15) is 0 Å². The number of nitro groups is 1. The van der Waals surface area contributed by atoms with E-state index in [1.807, 2.05) is 30.3 Å². The molecule has 0 unspecified atom stereocenters. The van der Waals surface area contributed by atoms with E-state index >= 15 is 0 Å². The standard InChI is InChI=1S/C14H9N3O4/c18-17(19)13-9-7-11(20-13)6-8-12-15-16-14(21-12)10-4-2-1-3-5-10/h1-9H/b8-6+. The van der Waals surface area contributed by atoms with E-state index in [0.29, 0.717) is 11.7 Å². The Morgan fingerprint density at radius 3 is 2.52 bits per heavy atom. The number of hydrogen-bond acceptors (Lipinski definition) is 6. The predicted molar refractivity (Wildman–Crippen MR) is 74.0 cm³/mol. The summed E-state index contributed by atoms with van der Waals surface area (Å²) < 4.78 is 10.4. The molecule has 2 heterocycles.